The van der Waals surface area contributed by atoms with Crippen LogP contribution in [0.3, 0.4) is 0 Å². The number of ether oxygens (including phenoxy) is 2. The number of imidazole rings is 1. The molecule has 0 spiro atoms. The Bertz CT molecular complexity index is 851. The molecule has 8 heteroatoms. The molecule has 0 amide bonds. The first-order valence-electron chi connectivity index (χ1n) is 6.93. The predicted octanol–water partition coefficient (Wildman–Crippen LogP) is 3.61. The van der Waals surface area contributed by atoms with Gasteiger partial charge in [-0.05, 0) is 24.1 Å². The number of aromatic nitrogens is 2. The first-order chi connectivity index (χ1) is 11.2. The molecule has 0 saturated heterocycles. The van der Waals surface area contributed by atoms with Crippen LogP contribution in [-0.2, 0) is 0 Å². The Labute approximate surface area is 141 Å². The molecule has 6 nitrogen and oxygen atoms in total. The van der Waals surface area contributed by atoms with Crippen LogP contribution < -0.4 is 14.9 Å². The van der Waals surface area contributed by atoms with Gasteiger partial charge in [0.1, 0.15) is 27.5 Å². The average Bonchev–Trinajstić information content (AvgIpc) is 3.24. The Morgan fingerprint density at radius 1 is 1.30 bits per heavy atom. The summed E-state index contributed by atoms with van der Waals surface area (Å²) in [7, 11) is 3.25. The summed E-state index contributed by atoms with van der Waals surface area (Å²) in [6, 6.07) is 5.64. The summed E-state index contributed by atoms with van der Waals surface area (Å²) in [4.78, 5) is 4.64. The minimum Gasteiger partial charge on any atom is -0.496 e. The molecular weight excluding hydrogens is 334 g/mol. The van der Waals surface area contributed by atoms with Gasteiger partial charge >= 0.3 is 0 Å². The molecular formula is C15H15N3O3S2. The van der Waals surface area contributed by atoms with Crippen LogP contribution in [0.25, 0.3) is 22.4 Å². The lowest BCUT2D eigenvalue weighted by molar-refractivity contribution is 0.397. The summed E-state index contributed by atoms with van der Waals surface area (Å²) in [5, 5.41) is 1.84. The maximum atomic E-state index is 5.95. The minimum absolute atomic E-state index is 0.298. The highest BCUT2D eigenvalue weighted by molar-refractivity contribution is 8.16. The second-order valence-electron chi connectivity index (χ2n) is 4.95. The summed E-state index contributed by atoms with van der Waals surface area (Å²) < 4.78 is 18.9. The number of benzene rings is 1. The Hall–Kier alpha value is -1.93. The second kappa shape index (κ2) is 5.61. The first kappa shape index (κ1) is 14.6. The number of hydrogen-bond acceptors (Lipinski definition) is 7. The Morgan fingerprint density at radius 2 is 2.17 bits per heavy atom. The zero-order chi connectivity index (χ0) is 16.0. The quantitative estimate of drug-likeness (QED) is 0.772. The number of hydrogen-bond donors (Lipinski definition) is 1. The molecule has 1 aliphatic heterocycles. The van der Waals surface area contributed by atoms with Crippen LogP contribution in [0, 0.1) is 0 Å². The Balaban J connectivity index is 1.76. The average molecular weight is 349 g/mol. The van der Waals surface area contributed by atoms with E-state index in [0.717, 1.165) is 22.0 Å². The fourth-order valence-corrected chi connectivity index (χ4v) is 4.08. The molecule has 1 N–H and O–H groups in total. The standard InChI is InChI=1S/C15H15N3O3S2/c1-19-8-4-11(20-2)9-6-13(21-12(9)5-8)10-7-18-14(16-10)23-15(17-18)22-3/h4-7,15,17H,1-3H3. The van der Waals surface area contributed by atoms with Crippen LogP contribution in [0.1, 0.15) is 0 Å². The van der Waals surface area contributed by atoms with Gasteiger partial charge in [-0.3, -0.25) is 0 Å². The van der Waals surface area contributed by atoms with Crippen LogP contribution >= 0.6 is 23.5 Å². The summed E-state index contributed by atoms with van der Waals surface area (Å²) in [6.07, 6.45) is 4.01. The Kier molecular flexibility index (Phi) is 3.57. The summed E-state index contributed by atoms with van der Waals surface area (Å²) >= 11 is 3.43. The van der Waals surface area contributed by atoms with Crippen molar-refractivity contribution in [2.75, 3.05) is 25.9 Å². The SMILES string of the molecule is COc1cc(OC)c2cc(-c3cn4c(n3)SC(SC)N4)oc2c1. The molecule has 0 saturated carbocycles. The number of fused-ring (bicyclic) bond motifs is 2. The van der Waals surface area contributed by atoms with E-state index in [9.17, 15) is 0 Å². The van der Waals surface area contributed by atoms with E-state index in [1.165, 1.54) is 0 Å². The van der Waals surface area contributed by atoms with Gasteiger partial charge in [0, 0.05) is 12.1 Å². The number of thioether (sulfide) groups is 2. The zero-order valence-electron chi connectivity index (χ0n) is 12.8. The van der Waals surface area contributed by atoms with Gasteiger partial charge in [-0.2, -0.15) is 0 Å². The topological polar surface area (TPSA) is 61.5 Å². The summed E-state index contributed by atoms with van der Waals surface area (Å²) in [5.41, 5.74) is 4.85. The minimum atomic E-state index is 0.298. The molecule has 1 aromatic carbocycles. The zero-order valence-corrected chi connectivity index (χ0v) is 14.5. The van der Waals surface area contributed by atoms with Crippen molar-refractivity contribution in [1.82, 2.24) is 9.66 Å². The normalized spacial score (nSPS) is 16.4. The number of methoxy groups -OCH3 is 2. The highest BCUT2D eigenvalue weighted by Crippen LogP contribution is 2.39. The van der Waals surface area contributed by atoms with Gasteiger partial charge in [0.05, 0.1) is 25.8 Å². The number of nitrogens with zero attached hydrogens (tertiary/aromatic N) is 2. The van der Waals surface area contributed by atoms with E-state index in [2.05, 4.69) is 16.7 Å². The van der Waals surface area contributed by atoms with E-state index in [0.29, 0.717) is 21.8 Å². The number of rotatable bonds is 4. The van der Waals surface area contributed by atoms with Gasteiger partial charge in [0.2, 0.25) is 0 Å². The maximum absolute atomic E-state index is 5.95. The molecule has 120 valence electrons. The molecule has 0 radical (unpaired) electrons. The van der Waals surface area contributed by atoms with Crippen LogP contribution in [0.4, 0.5) is 0 Å². The number of furan rings is 1. The molecule has 0 bridgehead atoms. The van der Waals surface area contributed by atoms with Gasteiger partial charge in [0.15, 0.2) is 10.9 Å². The fraction of sp³-hybridized carbons (Fsp3) is 0.267. The summed E-state index contributed by atoms with van der Waals surface area (Å²) in [5.74, 6) is 2.12. The van der Waals surface area contributed by atoms with Gasteiger partial charge in [0.25, 0.3) is 0 Å². The van der Waals surface area contributed by atoms with E-state index in [1.54, 1.807) is 37.7 Å². The molecule has 3 aromatic rings. The van der Waals surface area contributed by atoms with E-state index in [1.807, 2.05) is 29.1 Å². The monoisotopic (exact) mass is 349 g/mol. The van der Waals surface area contributed by atoms with E-state index >= 15 is 0 Å². The van der Waals surface area contributed by atoms with Crippen LogP contribution in [0.15, 0.2) is 34.0 Å². The van der Waals surface area contributed by atoms with E-state index in [-0.39, 0.29) is 0 Å². The third-order valence-corrected chi connectivity index (χ3v) is 5.84. The predicted molar refractivity (Wildman–Crippen MR) is 93.1 cm³/mol. The van der Waals surface area contributed by atoms with Crippen molar-refractivity contribution in [2.24, 2.45) is 0 Å². The van der Waals surface area contributed by atoms with Crippen molar-refractivity contribution in [3.8, 4) is 23.0 Å². The molecule has 0 aliphatic carbocycles. The van der Waals surface area contributed by atoms with Crippen molar-refractivity contribution in [3.63, 3.8) is 0 Å². The smallest absolute Gasteiger partial charge is 0.190 e. The molecule has 4 rings (SSSR count). The lowest BCUT2D eigenvalue weighted by Crippen LogP contribution is -2.13. The molecule has 0 fully saturated rings. The molecule has 23 heavy (non-hydrogen) atoms. The van der Waals surface area contributed by atoms with Gasteiger partial charge in [-0.15, -0.1) is 11.8 Å². The van der Waals surface area contributed by atoms with Crippen molar-refractivity contribution >= 4 is 34.5 Å². The molecule has 2 aromatic heterocycles. The molecule has 1 aliphatic rings. The lowest BCUT2D eigenvalue weighted by atomic mass is 10.2. The van der Waals surface area contributed by atoms with Gasteiger partial charge in [-0.1, -0.05) is 0 Å². The van der Waals surface area contributed by atoms with Crippen LogP contribution in [-0.4, -0.2) is 34.8 Å². The Morgan fingerprint density at radius 3 is 2.87 bits per heavy atom. The highest BCUT2D eigenvalue weighted by atomic mass is 32.2. The third-order valence-electron chi connectivity index (χ3n) is 3.63. The van der Waals surface area contributed by atoms with E-state index < -0.39 is 0 Å². The molecule has 1 atom stereocenters. The largest absolute Gasteiger partial charge is 0.496 e. The van der Waals surface area contributed by atoms with Gasteiger partial charge < -0.3 is 19.3 Å². The third kappa shape index (κ3) is 2.42. The van der Waals surface area contributed by atoms with Crippen molar-refractivity contribution < 1.29 is 13.9 Å². The van der Waals surface area contributed by atoms with Crippen molar-refractivity contribution in [2.45, 2.75) is 9.86 Å². The fourth-order valence-electron chi connectivity index (χ4n) is 2.49. The highest BCUT2D eigenvalue weighted by Gasteiger charge is 2.24. The van der Waals surface area contributed by atoms with Gasteiger partial charge in [-0.25, -0.2) is 9.66 Å². The summed E-state index contributed by atoms with van der Waals surface area (Å²) in [6.45, 7) is 0. The van der Waals surface area contributed by atoms with Crippen LogP contribution in [0.5, 0.6) is 11.5 Å². The lowest BCUT2D eigenvalue weighted by Gasteiger charge is -2.05. The number of nitrogens with one attached hydrogen (secondary N) is 1. The second-order valence-corrected chi connectivity index (χ2v) is 7.26. The van der Waals surface area contributed by atoms with Crippen LogP contribution in [0.2, 0.25) is 0 Å². The van der Waals surface area contributed by atoms with Crippen molar-refractivity contribution in [3.05, 3.63) is 24.4 Å². The molecule has 3 heterocycles. The van der Waals surface area contributed by atoms with E-state index in [4.69, 9.17) is 13.9 Å². The molecule has 1 unspecified atom stereocenters. The first-order valence-corrected chi connectivity index (χ1v) is 9.10. The van der Waals surface area contributed by atoms with Crippen molar-refractivity contribution in [1.29, 1.82) is 0 Å². The maximum Gasteiger partial charge on any atom is 0.190 e.